The number of hydrogen-bond acceptors (Lipinski definition) is 3. The number of aromatic nitrogens is 1. The molecule has 0 amide bonds. The molecule has 104 valence electrons. The largest absolute Gasteiger partial charge is 0.368 e. The number of carbonyl (C=O) groups excluding carboxylic acids is 1. The Labute approximate surface area is 118 Å². The van der Waals surface area contributed by atoms with Crippen LogP contribution < -0.4 is 4.90 Å². The van der Waals surface area contributed by atoms with Crippen LogP contribution in [0.2, 0.25) is 0 Å². The van der Waals surface area contributed by atoms with Gasteiger partial charge in [-0.3, -0.25) is 9.78 Å². The van der Waals surface area contributed by atoms with Gasteiger partial charge in [0.05, 0.1) is 12.2 Å². The van der Waals surface area contributed by atoms with Crippen LogP contribution in [0.5, 0.6) is 0 Å². The molecule has 0 radical (unpaired) electrons. The van der Waals surface area contributed by atoms with Gasteiger partial charge in [-0.15, -0.1) is 0 Å². The van der Waals surface area contributed by atoms with Gasteiger partial charge in [0.15, 0.2) is 5.78 Å². The number of carbonyl (C=O) groups is 1. The number of hydrogen-bond donors (Lipinski definition) is 0. The van der Waals surface area contributed by atoms with E-state index in [2.05, 4.69) is 4.98 Å². The highest BCUT2D eigenvalue weighted by molar-refractivity contribution is 5.99. The van der Waals surface area contributed by atoms with Crippen molar-refractivity contribution in [2.75, 3.05) is 11.9 Å². The molecule has 0 atom stereocenters. The van der Waals surface area contributed by atoms with Crippen molar-refractivity contribution in [1.82, 2.24) is 4.98 Å². The van der Waals surface area contributed by atoms with E-state index in [1.165, 1.54) is 13.0 Å². The highest BCUT2D eigenvalue weighted by atomic mass is 19.1. The molecule has 1 heterocycles. The molecule has 0 N–H and O–H groups in total. The Balaban J connectivity index is 2.36. The molecule has 3 nitrogen and oxygen atoms in total. The minimum absolute atomic E-state index is 0.147. The number of pyridine rings is 1. The van der Waals surface area contributed by atoms with Crippen LogP contribution >= 0.6 is 0 Å². The molecule has 0 aliphatic rings. The molecule has 0 unspecified atom stereocenters. The highest BCUT2D eigenvalue weighted by Gasteiger charge is 2.15. The van der Waals surface area contributed by atoms with Gasteiger partial charge < -0.3 is 4.90 Å². The van der Waals surface area contributed by atoms with Crippen molar-refractivity contribution in [3.63, 3.8) is 0 Å². The highest BCUT2D eigenvalue weighted by Crippen LogP contribution is 2.25. The van der Waals surface area contributed by atoms with E-state index in [0.717, 1.165) is 11.4 Å². The quantitative estimate of drug-likeness (QED) is 0.800. The van der Waals surface area contributed by atoms with E-state index in [4.69, 9.17) is 0 Å². The van der Waals surface area contributed by atoms with Crippen molar-refractivity contribution < 1.29 is 9.18 Å². The molecule has 20 heavy (non-hydrogen) atoms. The summed E-state index contributed by atoms with van der Waals surface area (Å²) in [4.78, 5) is 17.8. The Bertz CT molecular complexity index is 626. The Hall–Kier alpha value is -2.23. The molecule has 2 aromatic rings. The van der Waals surface area contributed by atoms with Gasteiger partial charge in [0, 0.05) is 24.5 Å². The van der Waals surface area contributed by atoms with Crippen LogP contribution in [0.15, 0.2) is 36.5 Å². The van der Waals surface area contributed by atoms with E-state index < -0.39 is 0 Å². The summed E-state index contributed by atoms with van der Waals surface area (Å²) in [6.45, 7) is 3.70. The fourth-order valence-electron chi connectivity index (χ4n) is 2.08. The second-order valence-corrected chi connectivity index (χ2v) is 4.85. The topological polar surface area (TPSA) is 33.2 Å². The molecule has 2 rings (SSSR count). The lowest BCUT2D eigenvalue weighted by Crippen LogP contribution is -2.20. The lowest BCUT2D eigenvalue weighted by atomic mass is 10.0. The first-order valence-electron chi connectivity index (χ1n) is 6.41. The summed E-state index contributed by atoms with van der Waals surface area (Å²) in [5.41, 5.74) is 2.54. The number of halogens is 1. The van der Waals surface area contributed by atoms with Crippen LogP contribution in [-0.2, 0) is 6.54 Å². The zero-order chi connectivity index (χ0) is 14.7. The third-order valence-corrected chi connectivity index (χ3v) is 3.19. The van der Waals surface area contributed by atoms with Gasteiger partial charge in [0.2, 0.25) is 0 Å². The Morgan fingerprint density at radius 3 is 2.70 bits per heavy atom. The van der Waals surface area contributed by atoms with Crippen molar-refractivity contribution >= 4 is 11.5 Å². The number of anilines is 1. The number of rotatable bonds is 4. The average molecular weight is 272 g/mol. The van der Waals surface area contributed by atoms with Crippen LogP contribution in [0.1, 0.15) is 28.5 Å². The van der Waals surface area contributed by atoms with Crippen LogP contribution in [0, 0.1) is 12.7 Å². The molecule has 0 aliphatic carbocycles. The number of nitrogens with zero attached hydrogens (tertiary/aromatic N) is 2. The summed E-state index contributed by atoms with van der Waals surface area (Å²) >= 11 is 0. The molecule has 1 aromatic carbocycles. The fraction of sp³-hybridized carbons (Fsp3) is 0.250. The van der Waals surface area contributed by atoms with Crippen molar-refractivity contribution in [3.05, 3.63) is 59.2 Å². The van der Waals surface area contributed by atoms with Gasteiger partial charge in [-0.1, -0.05) is 6.07 Å². The van der Waals surface area contributed by atoms with Crippen LogP contribution in [-0.4, -0.2) is 17.8 Å². The minimum atomic E-state index is -0.356. The molecule has 0 saturated heterocycles. The summed E-state index contributed by atoms with van der Waals surface area (Å²) in [7, 11) is 1.87. The third kappa shape index (κ3) is 3.02. The predicted octanol–water partition coefficient (Wildman–Crippen LogP) is 3.37. The average Bonchev–Trinajstić information content (AvgIpc) is 2.42. The summed E-state index contributed by atoms with van der Waals surface area (Å²) in [6, 6.07) is 8.70. The molecule has 0 spiro atoms. The zero-order valence-corrected chi connectivity index (χ0v) is 11.9. The standard InChI is InChI=1S/C16H17FN2O/c1-11-8-16(14(12(2)20)9-15(11)17)19(3)10-13-6-4-5-7-18-13/h4-9H,10H2,1-3H3. The lowest BCUT2D eigenvalue weighted by molar-refractivity contribution is 0.101. The fourth-order valence-corrected chi connectivity index (χ4v) is 2.08. The second kappa shape index (κ2) is 5.82. The van der Waals surface area contributed by atoms with Crippen LogP contribution in [0.3, 0.4) is 0 Å². The summed E-state index contributed by atoms with van der Waals surface area (Å²) in [5.74, 6) is -0.503. The van der Waals surface area contributed by atoms with Gasteiger partial charge in [-0.05, 0) is 43.7 Å². The van der Waals surface area contributed by atoms with Gasteiger partial charge >= 0.3 is 0 Å². The first kappa shape index (κ1) is 14.2. The van der Waals surface area contributed by atoms with E-state index in [1.54, 1.807) is 19.2 Å². The van der Waals surface area contributed by atoms with Crippen LogP contribution in [0.4, 0.5) is 10.1 Å². The molecule has 0 aliphatic heterocycles. The number of Topliss-reactive ketones (excluding diaryl/α,β-unsaturated/α-hetero) is 1. The van der Waals surface area contributed by atoms with Crippen molar-refractivity contribution in [2.24, 2.45) is 0 Å². The summed E-state index contributed by atoms with van der Waals surface area (Å²) in [5, 5.41) is 0. The molecule has 0 fully saturated rings. The molecule has 1 aromatic heterocycles. The van der Waals surface area contributed by atoms with Gasteiger partial charge in [-0.25, -0.2) is 4.39 Å². The van der Waals surface area contributed by atoms with Crippen molar-refractivity contribution in [2.45, 2.75) is 20.4 Å². The second-order valence-electron chi connectivity index (χ2n) is 4.85. The number of benzene rings is 1. The van der Waals surface area contributed by atoms with E-state index in [9.17, 15) is 9.18 Å². The van der Waals surface area contributed by atoms with Crippen molar-refractivity contribution in [1.29, 1.82) is 0 Å². The van der Waals surface area contributed by atoms with E-state index in [-0.39, 0.29) is 11.6 Å². The molecule has 0 saturated carbocycles. The monoisotopic (exact) mass is 272 g/mol. The van der Waals surface area contributed by atoms with Crippen molar-refractivity contribution in [3.8, 4) is 0 Å². The predicted molar refractivity (Wildman–Crippen MR) is 77.5 cm³/mol. The number of ketones is 1. The molecular formula is C16H17FN2O. The van der Waals surface area contributed by atoms with E-state index >= 15 is 0 Å². The zero-order valence-electron chi connectivity index (χ0n) is 11.9. The number of aryl methyl sites for hydroxylation is 1. The smallest absolute Gasteiger partial charge is 0.161 e. The molecule has 4 heteroatoms. The van der Waals surface area contributed by atoms with E-state index in [0.29, 0.717) is 17.7 Å². The lowest BCUT2D eigenvalue weighted by Gasteiger charge is -2.22. The SMILES string of the molecule is CC(=O)c1cc(F)c(C)cc1N(C)Cc1ccccn1. The Morgan fingerprint density at radius 1 is 1.35 bits per heavy atom. The normalized spacial score (nSPS) is 10.4. The van der Waals surface area contributed by atoms with Crippen LogP contribution in [0.25, 0.3) is 0 Å². The van der Waals surface area contributed by atoms with Gasteiger partial charge in [-0.2, -0.15) is 0 Å². The summed E-state index contributed by atoms with van der Waals surface area (Å²) < 4.78 is 13.6. The minimum Gasteiger partial charge on any atom is -0.368 e. The molecular weight excluding hydrogens is 255 g/mol. The Kier molecular flexibility index (Phi) is 4.13. The van der Waals surface area contributed by atoms with Gasteiger partial charge in [0.25, 0.3) is 0 Å². The third-order valence-electron chi connectivity index (χ3n) is 3.19. The molecule has 0 bridgehead atoms. The Morgan fingerprint density at radius 2 is 2.10 bits per heavy atom. The maximum Gasteiger partial charge on any atom is 0.161 e. The summed E-state index contributed by atoms with van der Waals surface area (Å²) in [6.07, 6.45) is 1.73. The first-order chi connectivity index (χ1) is 9.49. The maximum absolute atomic E-state index is 13.6. The first-order valence-corrected chi connectivity index (χ1v) is 6.41. The van der Waals surface area contributed by atoms with E-state index in [1.807, 2.05) is 30.1 Å². The maximum atomic E-state index is 13.6. The van der Waals surface area contributed by atoms with Gasteiger partial charge in [0.1, 0.15) is 5.82 Å².